The lowest BCUT2D eigenvalue weighted by molar-refractivity contribution is -0.117. The number of benzene rings is 1. The molecule has 0 radical (unpaired) electrons. The fraction of sp³-hybridized carbons (Fsp3) is 0.438. The molecule has 2 heterocycles. The zero-order valence-electron chi connectivity index (χ0n) is 13.3. The minimum absolute atomic E-state index is 0.0119. The summed E-state index contributed by atoms with van der Waals surface area (Å²) in [7, 11) is 1.59. The van der Waals surface area contributed by atoms with E-state index < -0.39 is 6.03 Å². The Labute approximate surface area is 139 Å². The Morgan fingerprint density at radius 3 is 2.71 bits per heavy atom. The first-order valence-corrected chi connectivity index (χ1v) is 7.71. The Hall–Kier alpha value is -2.45. The van der Waals surface area contributed by atoms with Crippen molar-refractivity contribution in [2.45, 2.75) is 18.6 Å². The molecule has 0 saturated carbocycles. The van der Waals surface area contributed by atoms with Gasteiger partial charge in [0.25, 0.3) is 5.91 Å². The molecule has 2 aliphatic heterocycles. The van der Waals surface area contributed by atoms with Gasteiger partial charge in [-0.05, 0) is 30.7 Å². The highest BCUT2D eigenvalue weighted by molar-refractivity contribution is 6.12. The van der Waals surface area contributed by atoms with Gasteiger partial charge < -0.3 is 14.8 Å². The number of imide groups is 1. The number of hydrogen-bond donors (Lipinski definition) is 2. The quantitative estimate of drug-likeness (QED) is 0.771. The molecule has 8 nitrogen and oxygen atoms in total. The van der Waals surface area contributed by atoms with Gasteiger partial charge in [0, 0.05) is 25.0 Å². The van der Waals surface area contributed by atoms with E-state index in [0.717, 1.165) is 0 Å². The largest absolute Gasteiger partial charge is 0.379 e. The van der Waals surface area contributed by atoms with Crippen LogP contribution in [-0.4, -0.2) is 56.9 Å². The number of urea groups is 1. The van der Waals surface area contributed by atoms with E-state index in [-0.39, 0.29) is 30.5 Å². The Bertz CT molecular complexity index is 646. The number of nitrogens with zero attached hydrogens (tertiary/aromatic N) is 1. The topological polar surface area (TPSA) is 97.0 Å². The van der Waals surface area contributed by atoms with Crippen LogP contribution in [0.5, 0.6) is 0 Å². The van der Waals surface area contributed by atoms with Crippen molar-refractivity contribution in [3.8, 4) is 0 Å². The lowest BCUT2D eigenvalue weighted by Gasteiger charge is -2.31. The predicted octanol–water partition coefficient (Wildman–Crippen LogP) is 0.276. The van der Waals surface area contributed by atoms with Gasteiger partial charge in [-0.3, -0.25) is 19.8 Å². The molecular weight excluding hydrogens is 314 g/mol. The third kappa shape index (κ3) is 3.39. The summed E-state index contributed by atoms with van der Waals surface area (Å²) >= 11 is 0. The maximum Gasteiger partial charge on any atom is 0.329 e. The molecule has 0 spiro atoms. The summed E-state index contributed by atoms with van der Waals surface area (Å²) in [6.45, 7) is 1.03. The number of nitrogens with one attached hydrogen (secondary N) is 2. The zero-order chi connectivity index (χ0) is 17.1. The Morgan fingerprint density at radius 1 is 1.33 bits per heavy atom. The van der Waals surface area contributed by atoms with Gasteiger partial charge in [-0.15, -0.1) is 0 Å². The Kier molecular flexibility index (Phi) is 4.77. The summed E-state index contributed by atoms with van der Waals surface area (Å²) in [4.78, 5) is 36.5. The average Bonchev–Trinajstić information content (AvgIpc) is 2.94. The van der Waals surface area contributed by atoms with Gasteiger partial charge >= 0.3 is 6.03 Å². The standard InChI is InChI=1S/C16H19N3O5/c1-23-13-9-24-7-6-12(13)17-15(21)10-2-4-11(5-3-10)19-8-14(20)18-16(19)22/h2-5,12-13H,6-9H2,1H3,(H,17,21)(H,18,20,22). The minimum atomic E-state index is -0.456. The van der Waals surface area contributed by atoms with Crippen LogP contribution in [0.25, 0.3) is 0 Å². The second-order valence-corrected chi connectivity index (χ2v) is 5.70. The molecule has 2 fully saturated rings. The van der Waals surface area contributed by atoms with E-state index in [0.29, 0.717) is 30.9 Å². The Morgan fingerprint density at radius 2 is 2.08 bits per heavy atom. The van der Waals surface area contributed by atoms with Crippen LogP contribution >= 0.6 is 0 Å². The molecule has 0 aromatic heterocycles. The SMILES string of the molecule is COC1COCCC1NC(=O)c1ccc(N2CC(=O)NC2=O)cc1. The Balaban J connectivity index is 1.65. The maximum atomic E-state index is 12.4. The molecule has 2 N–H and O–H groups in total. The molecule has 8 heteroatoms. The van der Waals surface area contributed by atoms with Crippen LogP contribution in [0.4, 0.5) is 10.5 Å². The molecule has 0 aliphatic carbocycles. The molecule has 2 saturated heterocycles. The number of methoxy groups -OCH3 is 1. The van der Waals surface area contributed by atoms with Crippen molar-refractivity contribution in [2.24, 2.45) is 0 Å². The monoisotopic (exact) mass is 333 g/mol. The van der Waals surface area contributed by atoms with Crippen LogP contribution in [0.3, 0.4) is 0 Å². The number of rotatable bonds is 4. The van der Waals surface area contributed by atoms with Gasteiger partial charge in [0.2, 0.25) is 5.91 Å². The van der Waals surface area contributed by atoms with Crippen LogP contribution in [0.2, 0.25) is 0 Å². The van der Waals surface area contributed by atoms with Crippen LogP contribution in [-0.2, 0) is 14.3 Å². The summed E-state index contributed by atoms with van der Waals surface area (Å²) in [5.41, 5.74) is 1.04. The first kappa shape index (κ1) is 16.4. The third-order valence-electron chi connectivity index (χ3n) is 4.16. The smallest absolute Gasteiger partial charge is 0.329 e. The van der Waals surface area contributed by atoms with E-state index in [4.69, 9.17) is 9.47 Å². The van der Waals surface area contributed by atoms with Gasteiger partial charge in [0.1, 0.15) is 12.6 Å². The minimum Gasteiger partial charge on any atom is -0.379 e. The van der Waals surface area contributed by atoms with Crippen molar-refractivity contribution in [1.82, 2.24) is 10.6 Å². The third-order valence-corrected chi connectivity index (χ3v) is 4.16. The van der Waals surface area contributed by atoms with Gasteiger partial charge in [-0.25, -0.2) is 4.79 Å². The second-order valence-electron chi connectivity index (χ2n) is 5.70. The van der Waals surface area contributed by atoms with Gasteiger partial charge in [-0.2, -0.15) is 0 Å². The van der Waals surface area contributed by atoms with Crippen molar-refractivity contribution in [3.05, 3.63) is 29.8 Å². The van der Waals surface area contributed by atoms with E-state index in [1.165, 1.54) is 4.90 Å². The number of anilines is 1. The van der Waals surface area contributed by atoms with E-state index in [2.05, 4.69) is 10.6 Å². The number of carbonyl (C=O) groups is 3. The highest BCUT2D eigenvalue weighted by Gasteiger charge is 2.29. The van der Waals surface area contributed by atoms with E-state index >= 15 is 0 Å². The van der Waals surface area contributed by atoms with E-state index in [9.17, 15) is 14.4 Å². The first-order valence-electron chi connectivity index (χ1n) is 7.71. The molecule has 2 atom stereocenters. The van der Waals surface area contributed by atoms with Crippen molar-refractivity contribution in [1.29, 1.82) is 0 Å². The normalized spacial score (nSPS) is 24.0. The molecule has 2 aliphatic rings. The summed E-state index contributed by atoms with van der Waals surface area (Å²) < 4.78 is 10.7. The zero-order valence-corrected chi connectivity index (χ0v) is 13.3. The molecule has 3 rings (SSSR count). The molecule has 1 aromatic rings. The fourth-order valence-electron chi connectivity index (χ4n) is 2.80. The van der Waals surface area contributed by atoms with Crippen molar-refractivity contribution >= 4 is 23.5 Å². The van der Waals surface area contributed by atoms with Gasteiger partial charge in [0.15, 0.2) is 0 Å². The van der Waals surface area contributed by atoms with Crippen LogP contribution in [0.1, 0.15) is 16.8 Å². The summed E-state index contributed by atoms with van der Waals surface area (Å²) in [6, 6.07) is 5.99. The first-order chi connectivity index (χ1) is 11.6. The van der Waals surface area contributed by atoms with Crippen molar-refractivity contribution in [3.63, 3.8) is 0 Å². The number of hydrogen-bond acceptors (Lipinski definition) is 5. The number of ether oxygens (including phenoxy) is 2. The second kappa shape index (κ2) is 6.98. The van der Waals surface area contributed by atoms with Crippen LogP contribution < -0.4 is 15.5 Å². The van der Waals surface area contributed by atoms with Crippen LogP contribution in [0.15, 0.2) is 24.3 Å². The van der Waals surface area contributed by atoms with Crippen LogP contribution in [0, 0.1) is 0 Å². The molecule has 2 unspecified atom stereocenters. The number of carbonyl (C=O) groups excluding carboxylic acids is 3. The van der Waals surface area contributed by atoms with E-state index in [1.807, 2.05) is 0 Å². The lowest BCUT2D eigenvalue weighted by atomic mass is 10.1. The molecular formula is C16H19N3O5. The summed E-state index contributed by atoms with van der Waals surface area (Å²) in [5, 5.41) is 5.16. The summed E-state index contributed by atoms with van der Waals surface area (Å²) in [6.07, 6.45) is 0.527. The van der Waals surface area contributed by atoms with Gasteiger partial charge in [0.05, 0.1) is 12.6 Å². The lowest BCUT2D eigenvalue weighted by Crippen LogP contribution is -2.49. The molecule has 24 heavy (non-hydrogen) atoms. The summed E-state index contributed by atoms with van der Waals surface area (Å²) in [5.74, 6) is -0.551. The highest BCUT2D eigenvalue weighted by atomic mass is 16.5. The molecule has 128 valence electrons. The predicted molar refractivity (Wildman–Crippen MR) is 84.8 cm³/mol. The molecule has 0 bridgehead atoms. The fourth-order valence-corrected chi connectivity index (χ4v) is 2.80. The average molecular weight is 333 g/mol. The van der Waals surface area contributed by atoms with Crippen molar-refractivity contribution in [2.75, 3.05) is 31.8 Å². The van der Waals surface area contributed by atoms with Gasteiger partial charge in [-0.1, -0.05) is 0 Å². The van der Waals surface area contributed by atoms with E-state index in [1.54, 1.807) is 31.4 Å². The molecule has 1 aromatic carbocycles. The maximum absolute atomic E-state index is 12.4. The highest BCUT2D eigenvalue weighted by Crippen LogP contribution is 2.18. The molecule has 4 amide bonds. The number of amides is 4. The van der Waals surface area contributed by atoms with Crippen molar-refractivity contribution < 1.29 is 23.9 Å².